The number of rotatable bonds is 2. The summed E-state index contributed by atoms with van der Waals surface area (Å²) in [6.07, 6.45) is 0.734. The normalized spacial score (nSPS) is 10.4. The highest BCUT2D eigenvalue weighted by atomic mass is 15.5. The first kappa shape index (κ1) is 8.87. The van der Waals surface area contributed by atoms with Gasteiger partial charge in [0.2, 0.25) is 0 Å². The Hall–Kier alpha value is -1.71. The summed E-state index contributed by atoms with van der Waals surface area (Å²) >= 11 is 0. The van der Waals surface area contributed by atoms with Gasteiger partial charge in [-0.25, -0.2) is 0 Å². The van der Waals surface area contributed by atoms with Gasteiger partial charge in [-0.3, -0.25) is 0 Å². The van der Waals surface area contributed by atoms with Gasteiger partial charge in [-0.05, 0) is 30.5 Å². The molecule has 1 N–H and O–H groups in total. The second kappa shape index (κ2) is 3.57. The molecule has 1 aromatic heterocycles. The molecule has 0 aliphatic heterocycles. The fourth-order valence-corrected chi connectivity index (χ4v) is 1.35. The van der Waals surface area contributed by atoms with Crippen LogP contribution in [0.2, 0.25) is 0 Å². The smallest absolute Gasteiger partial charge is 0.177 e. The molecule has 0 atom stereocenters. The monoisotopic (exact) mass is 188 g/mol. The van der Waals surface area contributed by atoms with E-state index in [4.69, 9.17) is 0 Å². The quantitative estimate of drug-likeness (QED) is 0.775. The molecule has 0 radical (unpaired) electrons. The molecular weight excluding hydrogens is 176 g/mol. The Kier molecular flexibility index (Phi) is 2.26. The lowest BCUT2D eigenvalue weighted by molar-refractivity contribution is 0.881. The molecule has 4 heteroatoms. The number of aromatic nitrogens is 4. The molecular formula is C10H12N4. The second-order valence-electron chi connectivity index (χ2n) is 3.42. The molecule has 2 rings (SSSR count). The predicted molar refractivity (Wildman–Crippen MR) is 52.9 cm³/mol. The van der Waals surface area contributed by atoms with Crippen LogP contribution in [0.3, 0.4) is 0 Å². The number of aryl methyl sites for hydroxylation is 2. The van der Waals surface area contributed by atoms with E-state index >= 15 is 0 Å². The summed E-state index contributed by atoms with van der Waals surface area (Å²) in [5, 5.41) is 13.8. The van der Waals surface area contributed by atoms with Crippen molar-refractivity contribution >= 4 is 0 Å². The van der Waals surface area contributed by atoms with Crippen LogP contribution in [0.25, 0.3) is 0 Å². The molecule has 0 bridgehead atoms. The fourth-order valence-electron chi connectivity index (χ4n) is 1.35. The number of H-pyrrole nitrogens is 1. The third-order valence-electron chi connectivity index (χ3n) is 2.32. The van der Waals surface area contributed by atoms with Gasteiger partial charge in [-0.15, -0.1) is 10.2 Å². The van der Waals surface area contributed by atoms with Crippen LogP contribution in [-0.4, -0.2) is 20.6 Å². The van der Waals surface area contributed by atoms with Crippen molar-refractivity contribution < 1.29 is 0 Å². The van der Waals surface area contributed by atoms with Crippen molar-refractivity contribution in [2.75, 3.05) is 0 Å². The molecule has 1 aromatic carbocycles. The number of hydrogen-bond donors (Lipinski definition) is 1. The lowest BCUT2D eigenvalue weighted by Crippen LogP contribution is -1.92. The fraction of sp³-hybridized carbons (Fsp3) is 0.300. The third kappa shape index (κ3) is 1.79. The summed E-state index contributed by atoms with van der Waals surface area (Å²) in [7, 11) is 0. The minimum Gasteiger partial charge on any atom is -0.177 e. The maximum atomic E-state index is 3.92. The van der Waals surface area contributed by atoms with Crippen LogP contribution in [0.4, 0.5) is 0 Å². The second-order valence-corrected chi connectivity index (χ2v) is 3.42. The lowest BCUT2D eigenvalue weighted by atomic mass is 10.0. The maximum Gasteiger partial charge on any atom is 0.178 e. The van der Waals surface area contributed by atoms with Gasteiger partial charge in [-0.2, -0.15) is 5.21 Å². The lowest BCUT2D eigenvalue weighted by Gasteiger charge is -2.02. The maximum absolute atomic E-state index is 3.92. The first-order valence-electron chi connectivity index (χ1n) is 4.54. The van der Waals surface area contributed by atoms with Gasteiger partial charge in [0.05, 0.1) is 0 Å². The number of benzene rings is 1. The molecule has 0 saturated heterocycles. The highest BCUT2D eigenvalue weighted by molar-refractivity contribution is 5.31. The van der Waals surface area contributed by atoms with Crippen molar-refractivity contribution in [2.24, 2.45) is 0 Å². The molecule has 2 aromatic rings. The van der Waals surface area contributed by atoms with Crippen LogP contribution in [0.1, 0.15) is 22.5 Å². The highest BCUT2D eigenvalue weighted by Crippen LogP contribution is 2.11. The zero-order valence-electron chi connectivity index (χ0n) is 8.28. The summed E-state index contributed by atoms with van der Waals surface area (Å²) in [4.78, 5) is 0. The van der Waals surface area contributed by atoms with Gasteiger partial charge in [0.1, 0.15) is 0 Å². The molecule has 0 saturated carbocycles. The zero-order chi connectivity index (χ0) is 9.97. The molecule has 1 heterocycles. The van der Waals surface area contributed by atoms with Crippen LogP contribution < -0.4 is 0 Å². The van der Waals surface area contributed by atoms with Gasteiger partial charge < -0.3 is 0 Å². The summed E-state index contributed by atoms with van der Waals surface area (Å²) in [6, 6.07) is 6.37. The van der Waals surface area contributed by atoms with E-state index in [1.807, 2.05) is 0 Å². The Morgan fingerprint density at radius 3 is 2.71 bits per heavy atom. The first-order valence-corrected chi connectivity index (χ1v) is 4.54. The Bertz CT molecular complexity index is 420. The topological polar surface area (TPSA) is 54.5 Å². The molecule has 0 spiro atoms. The van der Waals surface area contributed by atoms with E-state index in [0.29, 0.717) is 0 Å². The molecule has 0 unspecified atom stereocenters. The molecule has 0 aliphatic carbocycles. The SMILES string of the molecule is Cc1ccc(Cc2nn[nH]n2)cc1C. The highest BCUT2D eigenvalue weighted by Gasteiger charge is 2.01. The van der Waals surface area contributed by atoms with E-state index in [9.17, 15) is 0 Å². The van der Waals surface area contributed by atoms with E-state index in [-0.39, 0.29) is 0 Å². The van der Waals surface area contributed by atoms with E-state index in [2.05, 4.69) is 52.7 Å². The molecule has 0 fully saturated rings. The molecule has 4 nitrogen and oxygen atoms in total. The number of nitrogens with one attached hydrogen (secondary N) is 1. The largest absolute Gasteiger partial charge is 0.178 e. The molecule has 0 aliphatic rings. The van der Waals surface area contributed by atoms with Gasteiger partial charge >= 0.3 is 0 Å². The van der Waals surface area contributed by atoms with Gasteiger partial charge in [0.15, 0.2) is 5.82 Å². The van der Waals surface area contributed by atoms with Crippen LogP contribution >= 0.6 is 0 Å². The Balaban J connectivity index is 2.22. The Morgan fingerprint density at radius 2 is 2.07 bits per heavy atom. The van der Waals surface area contributed by atoms with Gasteiger partial charge in [-0.1, -0.05) is 23.4 Å². The Morgan fingerprint density at radius 1 is 1.21 bits per heavy atom. The van der Waals surface area contributed by atoms with Crippen molar-refractivity contribution in [3.05, 3.63) is 40.7 Å². The van der Waals surface area contributed by atoms with Crippen molar-refractivity contribution in [3.63, 3.8) is 0 Å². The van der Waals surface area contributed by atoms with Crippen molar-refractivity contribution in [1.29, 1.82) is 0 Å². The number of hydrogen-bond acceptors (Lipinski definition) is 3. The zero-order valence-corrected chi connectivity index (χ0v) is 8.28. The van der Waals surface area contributed by atoms with Crippen molar-refractivity contribution in [3.8, 4) is 0 Å². The summed E-state index contributed by atoms with van der Waals surface area (Å²) in [6.45, 7) is 4.21. The molecule has 0 amide bonds. The minimum atomic E-state index is 0.730. The standard InChI is InChI=1S/C10H12N4/c1-7-3-4-9(5-8(7)2)6-10-11-13-14-12-10/h3-5H,6H2,1-2H3,(H,11,12,13,14). The average Bonchev–Trinajstić information content (AvgIpc) is 2.64. The number of nitrogens with zero attached hydrogens (tertiary/aromatic N) is 3. The predicted octanol–water partition coefficient (Wildman–Crippen LogP) is 1.41. The van der Waals surface area contributed by atoms with E-state index in [1.165, 1.54) is 16.7 Å². The summed E-state index contributed by atoms with van der Waals surface area (Å²) in [5.41, 5.74) is 3.82. The van der Waals surface area contributed by atoms with Crippen molar-refractivity contribution in [1.82, 2.24) is 20.6 Å². The third-order valence-corrected chi connectivity index (χ3v) is 2.32. The average molecular weight is 188 g/mol. The number of aromatic amines is 1. The summed E-state index contributed by atoms with van der Waals surface area (Å²) in [5.74, 6) is 0.730. The number of tetrazole rings is 1. The molecule has 72 valence electrons. The van der Waals surface area contributed by atoms with E-state index < -0.39 is 0 Å². The summed E-state index contributed by atoms with van der Waals surface area (Å²) < 4.78 is 0. The van der Waals surface area contributed by atoms with Crippen LogP contribution in [0.5, 0.6) is 0 Å². The van der Waals surface area contributed by atoms with Gasteiger partial charge in [0.25, 0.3) is 0 Å². The van der Waals surface area contributed by atoms with Crippen LogP contribution in [0.15, 0.2) is 18.2 Å². The van der Waals surface area contributed by atoms with E-state index in [0.717, 1.165) is 12.2 Å². The Labute approximate surface area is 82.4 Å². The van der Waals surface area contributed by atoms with Gasteiger partial charge in [0, 0.05) is 6.42 Å². The van der Waals surface area contributed by atoms with Crippen LogP contribution in [0, 0.1) is 13.8 Å². The minimum absolute atomic E-state index is 0.730. The van der Waals surface area contributed by atoms with E-state index in [1.54, 1.807) is 0 Å². The first-order chi connectivity index (χ1) is 6.75. The van der Waals surface area contributed by atoms with Crippen molar-refractivity contribution in [2.45, 2.75) is 20.3 Å². The molecule has 14 heavy (non-hydrogen) atoms. The van der Waals surface area contributed by atoms with Crippen LogP contribution in [-0.2, 0) is 6.42 Å².